The highest BCUT2D eigenvalue weighted by molar-refractivity contribution is 5.75. The van der Waals surface area contributed by atoms with Crippen molar-refractivity contribution >= 4 is 11.8 Å². The van der Waals surface area contributed by atoms with Crippen LogP contribution in [0.2, 0.25) is 0 Å². The van der Waals surface area contributed by atoms with E-state index >= 15 is 0 Å². The molecule has 0 aliphatic rings. The SMILES string of the molecule is CN(C)c1ccc(CNC(C(=O)O)c2cc(F)ccc2F)cn1. The van der Waals surface area contributed by atoms with Crippen molar-refractivity contribution in [3.63, 3.8) is 0 Å². The number of carboxylic acid groups (broad SMARTS) is 1. The molecule has 0 saturated carbocycles. The second-order valence-corrected chi connectivity index (χ2v) is 5.24. The third-order valence-corrected chi connectivity index (χ3v) is 3.29. The summed E-state index contributed by atoms with van der Waals surface area (Å²) < 4.78 is 27.0. The molecule has 1 aromatic heterocycles. The van der Waals surface area contributed by atoms with Gasteiger partial charge in [0.2, 0.25) is 0 Å². The summed E-state index contributed by atoms with van der Waals surface area (Å²) in [5.74, 6) is -1.98. The van der Waals surface area contributed by atoms with Crippen molar-refractivity contribution in [2.24, 2.45) is 0 Å². The number of carbonyl (C=O) groups is 1. The fourth-order valence-corrected chi connectivity index (χ4v) is 2.07. The number of nitrogens with zero attached hydrogens (tertiary/aromatic N) is 2. The Labute approximate surface area is 132 Å². The average molecular weight is 321 g/mol. The lowest BCUT2D eigenvalue weighted by Crippen LogP contribution is -2.29. The van der Waals surface area contributed by atoms with E-state index in [4.69, 9.17) is 0 Å². The summed E-state index contributed by atoms with van der Waals surface area (Å²) >= 11 is 0. The number of hydrogen-bond acceptors (Lipinski definition) is 4. The molecule has 0 fully saturated rings. The number of nitrogens with one attached hydrogen (secondary N) is 1. The molecule has 2 N–H and O–H groups in total. The number of benzene rings is 1. The van der Waals surface area contributed by atoms with Crippen LogP contribution >= 0.6 is 0 Å². The lowest BCUT2D eigenvalue weighted by atomic mass is 10.1. The standard InChI is InChI=1S/C16H17F2N3O2/c1-21(2)14-6-3-10(8-19-14)9-20-15(16(22)23)12-7-11(17)4-5-13(12)18/h3-8,15,20H,9H2,1-2H3,(H,22,23). The first-order valence-electron chi connectivity index (χ1n) is 6.92. The van der Waals surface area contributed by atoms with Crippen LogP contribution in [0.5, 0.6) is 0 Å². The minimum Gasteiger partial charge on any atom is -0.480 e. The van der Waals surface area contributed by atoms with E-state index in [9.17, 15) is 18.7 Å². The molecule has 122 valence electrons. The number of aliphatic carboxylic acids is 1. The third kappa shape index (κ3) is 4.23. The van der Waals surface area contributed by atoms with Crippen molar-refractivity contribution in [1.82, 2.24) is 10.3 Å². The van der Waals surface area contributed by atoms with Gasteiger partial charge in [-0.2, -0.15) is 0 Å². The van der Waals surface area contributed by atoms with Crippen molar-refractivity contribution in [2.75, 3.05) is 19.0 Å². The highest BCUT2D eigenvalue weighted by atomic mass is 19.1. The van der Waals surface area contributed by atoms with E-state index in [-0.39, 0.29) is 12.1 Å². The maximum Gasteiger partial charge on any atom is 0.325 e. The zero-order valence-electron chi connectivity index (χ0n) is 12.8. The van der Waals surface area contributed by atoms with Gasteiger partial charge in [0.25, 0.3) is 0 Å². The molecule has 23 heavy (non-hydrogen) atoms. The first-order chi connectivity index (χ1) is 10.9. The minimum absolute atomic E-state index is 0.160. The molecule has 0 saturated heterocycles. The van der Waals surface area contributed by atoms with E-state index in [2.05, 4.69) is 10.3 Å². The topological polar surface area (TPSA) is 65.5 Å². The van der Waals surface area contributed by atoms with Crippen molar-refractivity contribution < 1.29 is 18.7 Å². The molecule has 2 aromatic rings. The van der Waals surface area contributed by atoms with E-state index in [0.29, 0.717) is 0 Å². The first-order valence-corrected chi connectivity index (χ1v) is 6.92. The van der Waals surface area contributed by atoms with Crippen LogP contribution in [0.4, 0.5) is 14.6 Å². The van der Waals surface area contributed by atoms with Gasteiger partial charge in [-0.1, -0.05) is 6.07 Å². The Balaban J connectivity index is 2.14. The van der Waals surface area contributed by atoms with Crippen LogP contribution in [-0.2, 0) is 11.3 Å². The number of aromatic nitrogens is 1. The average Bonchev–Trinajstić information content (AvgIpc) is 2.51. The molecule has 0 radical (unpaired) electrons. The number of pyridine rings is 1. The van der Waals surface area contributed by atoms with Crippen molar-refractivity contribution in [2.45, 2.75) is 12.6 Å². The Morgan fingerprint density at radius 2 is 2.04 bits per heavy atom. The quantitative estimate of drug-likeness (QED) is 0.855. The molecule has 0 aliphatic carbocycles. The summed E-state index contributed by atoms with van der Waals surface area (Å²) in [6, 6.07) is 4.97. The highest BCUT2D eigenvalue weighted by Crippen LogP contribution is 2.19. The molecule has 1 aromatic carbocycles. The summed E-state index contributed by atoms with van der Waals surface area (Å²) in [7, 11) is 3.71. The van der Waals surface area contributed by atoms with Crippen molar-refractivity contribution in [1.29, 1.82) is 0 Å². The van der Waals surface area contributed by atoms with E-state index in [0.717, 1.165) is 29.6 Å². The predicted molar refractivity (Wildman–Crippen MR) is 82.1 cm³/mol. The molecule has 0 spiro atoms. The van der Waals surface area contributed by atoms with Gasteiger partial charge < -0.3 is 10.0 Å². The number of carboxylic acids is 1. The molecule has 0 aliphatic heterocycles. The van der Waals surface area contributed by atoms with Crippen molar-refractivity contribution in [3.05, 3.63) is 59.3 Å². The maximum absolute atomic E-state index is 13.8. The lowest BCUT2D eigenvalue weighted by molar-refractivity contribution is -0.139. The van der Waals surface area contributed by atoms with Crippen LogP contribution in [0.1, 0.15) is 17.2 Å². The maximum atomic E-state index is 13.8. The predicted octanol–water partition coefficient (Wildman–Crippen LogP) is 2.34. The number of rotatable bonds is 6. The van der Waals surface area contributed by atoms with Crippen LogP contribution < -0.4 is 10.2 Å². The second-order valence-electron chi connectivity index (χ2n) is 5.24. The van der Waals surface area contributed by atoms with Gasteiger partial charge in [0.15, 0.2) is 0 Å². The van der Waals surface area contributed by atoms with Gasteiger partial charge in [0, 0.05) is 32.4 Å². The zero-order valence-corrected chi connectivity index (χ0v) is 12.8. The fraction of sp³-hybridized carbons (Fsp3) is 0.250. The molecule has 0 amide bonds. The van der Waals surface area contributed by atoms with Gasteiger partial charge in [0.05, 0.1) is 0 Å². The number of anilines is 1. The van der Waals surface area contributed by atoms with Crippen LogP contribution in [0.25, 0.3) is 0 Å². The molecule has 2 rings (SSSR count). The second kappa shape index (κ2) is 7.15. The first kappa shape index (κ1) is 16.8. The molecule has 1 heterocycles. The Morgan fingerprint density at radius 1 is 1.30 bits per heavy atom. The third-order valence-electron chi connectivity index (χ3n) is 3.29. The van der Waals surface area contributed by atoms with Gasteiger partial charge in [0.1, 0.15) is 23.5 Å². The van der Waals surface area contributed by atoms with E-state index in [1.165, 1.54) is 0 Å². The van der Waals surface area contributed by atoms with Gasteiger partial charge in [-0.15, -0.1) is 0 Å². The molecular formula is C16H17F2N3O2. The fourth-order valence-electron chi connectivity index (χ4n) is 2.07. The molecule has 5 nitrogen and oxygen atoms in total. The Bertz CT molecular complexity index is 690. The smallest absolute Gasteiger partial charge is 0.325 e. The molecular weight excluding hydrogens is 304 g/mol. The minimum atomic E-state index is -1.35. The lowest BCUT2D eigenvalue weighted by Gasteiger charge is -2.16. The van der Waals surface area contributed by atoms with Gasteiger partial charge in [-0.25, -0.2) is 13.8 Å². The Kier molecular flexibility index (Phi) is 5.23. The summed E-state index contributed by atoms with van der Waals surface area (Å²) in [5.41, 5.74) is 0.494. The Morgan fingerprint density at radius 3 is 2.61 bits per heavy atom. The van der Waals surface area contributed by atoms with Crippen molar-refractivity contribution in [3.8, 4) is 0 Å². The summed E-state index contributed by atoms with van der Waals surface area (Å²) in [6.07, 6.45) is 1.60. The van der Waals surface area contributed by atoms with Crippen LogP contribution in [0.3, 0.4) is 0 Å². The normalized spacial score (nSPS) is 12.0. The van der Waals surface area contributed by atoms with Gasteiger partial charge >= 0.3 is 5.97 Å². The summed E-state index contributed by atoms with van der Waals surface area (Å²) in [6.45, 7) is 0.160. The zero-order chi connectivity index (χ0) is 17.0. The van der Waals surface area contributed by atoms with E-state index < -0.39 is 23.6 Å². The van der Waals surface area contributed by atoms with Crippen LogP contribution in [-0.4, -0.2) is 30.2 Å². The van der Waals surface area contributed by atoms with Gasteiger partial charge in [-0.3, -0.25) is 10.1 Å². The van der Waals surface area contributed by atoms with Crippen LogP contribution in [0, 0.1) is 11.6 Å². The number of halogens is 2. The molecule has 0 bridgehead atoms. The highest BCUT2D eigenvalue weighted by Gasteiger charge is 2.23. The van der Waals surface area contributed by atoms with Gasteiger partial charge in [-0.05, 0) is 29.8 Å². The summed E-state index contributed by atoms with van der Waals surface area (Å²) in [5, 5.41) is 12.0. The molecule has 1 unspecified atom stereocenters. The molecule has 1 atom stereocenters. The Hall–Kier alpha value is -2.54. The number of hydrogen-bond donors (Lipinski definition) is 2. The summed E-state index contributed by atoms with van der Waals surface area (Å²) in [4.78, 5) is 17.4. The molecule has 7 heteroatoms. The van der Waals surface area contributed by atoms with E-state index in [1.54, 1.807) is 18.3 Å². The largest absolute Gasteiger partial charge is 0.480 e. The van der Waals surface area contributed by atoms with E-state index in [1.807, 2.05) is 19.0 Å². The monoisotopic (exact) mass is 321 g/mol. The van der Waals surface area contributed by atoms with Crippen LogP contribution in [0.15, 0.2) is 36.5 Å².